The molecule has 0 aliphatic rings. The van der Waals surface area contributed by atoms with E-state index in [1.807, 2.05) is 6.20 Å². The van der Waals surface area contributed by atoms with Crippen LogP contribution in [0, 0.1) is 0 Å². The Kier molecular flexibility index (Phi) is 4.14. The number of hydrogen-bond acceptors (Lipinski definition) is 3. The van der Waals surface area contributed by atoms with E-state index in [9.17, 15) is 0 Å². The molecule has 3 nitrogen and oxygen atoms in total. The van der Waals surface area contributed by atoms with Gasteiger partial charge in [0.05, 0.1) is 12.7 Å². The summed E-state index contributed by atoms with van der Waals surface area (Å²) in [5.41, 5.74) is 0. The van der Waals surface area contributed by atoms with Crippen molar-refractivity contribution in [3.63, 3.8) is 0 Å². The molecule has 0 aliphatic carbocycles. The molecule has 0 saturated carbocycles. The lowest BCUT2D eigenvalue weighted by Gasteiger charge is -2.05. The lowest BCUT2D eigenvalue weighted by molar-refractivity contribution is 0.405. The summed E-state index contributed by atoms with van der Waals surface area (Å²) in [6.07, 6.45) is 2.93. The summed E-state index contributed by atoms with van der Waals surface area (Å²) >= 11 is 0. The predicted molar refractivity (Wildman–Crippen MR) is 57.2 cm³/mol. The molecule has 1 N–H and O–H groups in total. The maximum Gasteiger partial charge on any atom is 0.208 e. The average Bonchev–Trinajstić information content (AvgIpc) is 2.62. The van der Waals surface area contributed by atoms with Crippen molar-refractivity contribution in [2.24, 2.45) is 0 Å². The molecule has 0 aromatic carbocycles. The van der Waals surface area contributed by atoms with Gasteiger partial charge >= 0.3 is 0 Å². The predicted octanol–water partition coefficient (Wildman–Crippen LogP) is 2.69. The van der Waals surface area contributed by atoms with Gasteiger partial charge in [-0.2, -0.15) is 0 Å². The largest absolute Gasteiger partial charge is 0.444 e. The van der Waals surface area contributed by atoms with Gasteiger partial charge in [0.15, 0.2) is 0 Å². The second-order valence-corrected chi connectivity index (χ2v) is 4.00. The van der Waals surface area contributed by atoms with Crippen molar-refractivity contribution in [1.29, 1.82) is 0 Å². The lowest BCUT2D eigenvalue weighted by Crippen LogP contribution is -2.21. The maximum absolute atomic E-state index is 5.61. The third-order valence-electron chi connectivity index (χ3n) is 2.33. The average molecular weight is 196 g/mol. The van der Waals surface area contributed by atoms with Crippen LogP contribution in [0.3, 0.4) is 0 Å². The smallest absolute Gasteiger partial charge is 0.208 e. The molecule has 1 unspecified atom stereocenters. The first-order chi connectivity index (χ1) is 6.63. The summed E-state index contributed by atoms with van der Waals surface area (Å²) in [5.74, 6) is 2.25. The Morgan fingerprint density at radius 3 is 2.71 bits per heavy atom. The van der Waals surface area contributed by atoms with Gasteiger partial charge in [-0.1, -0.05) is 27.7 Å². The Morgan fingerprint density at radius 1 is 1.43 bits per heavy atom. The van der Waals surface area contributed by atoms with Crippen molar-refractivity contribution in [2.75, 3.05) is 0 Å². The Balaban J connectivity index is 2.50. The zero-order chi connectivity index (χ0) is 10.6. The molecule has 0 amide bonds. The molecule has 80 valence electrons. The van der Waals surface area contributed by atoms with Crippen molar-refractivity contribution in [2.45, 2.75) is 52.6 Å². The maximum atomic E-state index is 5.61. The first kappa shape index (κ1) is 11.2. The first-order valence-electron chi connectivity index (χ1n) is 5.31. The van der Waals surface area contributed by atoms with E-state index in [0.29, 0.717) is 18.5 Å². The fraction of sp³-hybridized carbons (Fsp3) is 0.727. The molecule has 1 aromatic rings. The molecule has 1 aromatic heterocycles. The number of hydrogen-bond donors (Lipinski definition) is 1. The van der Waals surface area contributed by atoms with E-state index in [4.69, 9.17) is 4.42 Å². The van der Waals surface area contributed by atoms with Crippen LogP contribution in [0.5, 0.6) is 0 Å². The molecule has 0 bridgehead atoms. The van der Waals surface area contributed by atoms with E-state index >= 15 is 0 Å². The first-order valence-corrected chi connectivity index (χ1v) is 5.31. The molecule has 0 radical (unpaired) electrons. The molecule has 1 heterocycles. The highest BCUT2D eigenvalue weighted by atomic mass is 16.4. The molecular weight excluding hydrogens is 176 g/mol. The lowest BCUT2D eigenvalue weighted by atomic mass is 10.1. The van der Waals surface area contributed by atoms with Crippen LogP contribution >= 0.6 is 0 Å². The SMILES string of the molecule is CCC(C)c1cnc(CNC(C)C)o1. The van der Waals surface area contributed by atoms with Crippen LogP contribution < -0.4 is 5.32 Å². The van der Waals surface area contributed by atoms with Gasteiger partial charge in [0.1, 0.15) is 5.76 Å². The van der Waals surface area contributed by atoms with Gasteiger partial charge in [-0.15, -0.1) is 0 Å². The summed E-state index contributed by atoms with van der Waals surface area (Å²) in [5, 5.41) is 3.28. The van der Waals surface area contributed by atoms with Crippen LogP contribution in [0.25, 0.3) is 0 Å². The molecule has 0 aliphatic heterocycles. The number of rotatable bonds is 5. The summed E-state index contributed by atoms with van der Waals surface area (Å²) in [6, 6.07) is 0.467. The summed E-state index contributed by atoms with van der Waals surface area (Å²) in [7, 11) is 0. The third-order valence-corrected chi connectivity index (χ3v) is 2.33. The minimum Gasteiger partial charge on any atom is -0.444 e. The zero-order valence-electron chi connectivity index (χ0n) is 9.50. The molecule has 14 heavy (non-hydrogen) atoms. The highest BCUT2D eigenvalue weighted by Crippen LogP contribution is 2.18. The van der Waals surface area contributed by atoms with E-state index in [2.05, 4.69) is 38.0 Å². The molecule has 1 rings (SSSR count). The van der Waals surface area contributed by atoms with Gasteiger partial charge in [0, 0.05) is 12.0 Å². The second-order valence-electron chi connectivity index (χ2n) is 4.00. The number of nitrogens with one attached hydrogen (secondary N) is 1. The molecular formula is C11H20N2O. The van der Waals surface area contributed by atoms with Gasteiger partial charge in [-0.05, 0) is 6.42 Å². The fourth-order valence-electron chi connectivity index (χ4n) is 1.13. The normalized spacial score (nSPS) is 13.5. The van der Waals surface area contributed by atoms with E-state index in [0.717, 1.165) is 18.1 Å². The van der Waals surface area contributed by atoms with Crippen molar-refractivity contribution in [3.8, 4) is 0 Å². The Hall–Kier alpha value is -0.830. The highest BCUT2D eigenvalue weighted by molar-refractivity contribution is 5.00. The van der Waals surface area contributed by atoms with E-state index in [1.165, 1.54) is 0 Å². The fourth-order valence-corrected chi connectivity index (χ4v) is 1.13. The highest BCUT2D eigenvalue weighted by Gasteiger charge is 2.09. The van der Waals surface area contributed by atoms with Crippen molar-refractivity contribution < 1.29 is 4.42 Å². The Bertz CT molecular complexity index is 268. The van der Waals surface area contributed by atoms with Gasteiger partial charge in [-0.25, -0.2) is 4.98 Å². The second kappa shape index (κ2) is 5.15. The monoisotopic (exact) mass is 196 g/mol. The molecule has 3 heteroatoms. The van der Waals surface area contributed by atoms with Gasteiger partial charge < -0.3 is 9.73 Å². The van der Waals surface area contributed by atoms with Crippen molar-refractivity contribution in [1.82, 2.24) is 10.3 Å². The van der Waals surface area contributed by atoms with Crippen LogP contribution in [-0.2, 0) is 6.54 Å². The number of aromatic nitrogens is 1. The van der Waals surface area contributed by atoms with Crippen LogP contribution in [0.2, 0.25) is 0 Å². The number of oxazole rings is 1. The Morgan fingerprint density at radius 2 is 2.14 bits per heavy atom. The minimum absolute atomic E-state index is 0.467. The van der Waals surface area contributed by atoms with E-state index in [-0.39, 0.29) is 0 Å². The van der Waals surface area contributed by atoms with Gasteiger partial charge in [0.2, 0.25) is 5.89 Å². The molecule has 0 saturated heterocycles. The van der Waals surface area contributed by atoms with Crippen LogP contribution in [-0.4, -0.2) is 11.0 Å². The molecule has 0 spiro atoms. The van der Waals surface area contributed by atoms with Crippen molar-refractivity contribution in [3.05, 3.63) is 17.8 Å². The van der Waals surface area contributed by atoms with Crippen LogP contribution in [0.4, 0.5) is 0 Å². The summed E-state index contributed by atoms with van der Waals surface area (Å²) in [4.78, 5) is 4.23. The number of nitrogens with zero attached hydrogens (tertiary/aromatic N) is 1. The molecule has 0 fully saturated rings. The van der Waals surface area contributed by atoms with Crippen LogP contribution in [0.1, 0.15) is 51.7 Å². The third kappa shape index (κ3) is 3.14. The summed E-state index contributed by atoms with van der Waals surface area (Å²) < 4.78 is 5.61. The topological polar surface area (TPSA) is 38.1 Å². The zero-order valence-corrected chi connectivity index (χ0v) is 9.50. The van der Waals surface area contributed by atoms with Crippen molar-refractivity contribution >= 4 is 0 Å². The van der Waals surface area contributed by atoms with Gasteiger partial charge in [0.25, 0.3) is 0 Å². The van der Waals surface area contributed by atoms with Crippen LogP contribution in [0.15, 0.2) is 10.6 Å². The standard InChI is InChI=1S/C11H20N2O/c1-5-9(4)10-6-13-11(14-10)7-12-8(2)3/h6,8-9,12H,5,7H2,1-4H3. The summed E-state index contributed by atoms with van der Waals surface area (Å²) in [6.45, 7) is 9.24. The van der Waals surface area contributed by atoms with E-state index < -0.39 is 0 Å². The molecule has 1 atom stereocenters. The minimum atomic E-state index is 0.467. The van der Waals surface area contributed by atoms with Gasteiger partial charge in [-0.3, -0.25) is 0 Å². The quantitative estimate of drug-likeness (QED) is 0.786. The van der Waals surface area contributed by atoms with E-state index in [1.54, 1.807) is 0 Å². The Labute approximate surface area is 85.9 Å².